The van der Waals surface area contributed by atoms with Crippen LogP contribution in [-0.4, -0.2) is 11.8 Å². The maximum atomic E-state index is 13.8. The zero-order chi connectivity index (χ0) is 19.7. The molecule has 138 valence electrons. The van der Waals surface area contributed by atoms with E-state index in [4.69, 9.17) is 21.1 Å². The van der Waals surface area contributed by atoms with Gasteiger partial charge in [0, 0.05) is 16.7 Å². The number of halogens is 2. The highest BCUT2D eigenvalue weighted by atomic mass is 35.5. The Morgan fingerprint density at radius 3 is 2.64 bits per heavy atom. The standard InChI is InChI=1S/C22H12ClFO4/c23-15-6-3-5-14(10-15)22(26)27-16-8-9-17-19(12-16)28-20(21(17)25)11-13-4-1-2-7-18(13)24/h1-12H/b20-11-. The van der Waals surface area contributed by atoms with Crippen molar-refractivity contribution < 1.29 is 23.5 Å². The van der Waals surface area contributed by atoms with E-state index in [0.29, 0.717) is 16.1 Å². The van der Waals surface area contributed by atoms with Crippen LogP contribution in [0.15, 0.2) is 72.5 Å². The number of allylic oxidation sites excluding steroid dienone is 1. The highest BCUT2D eigenvalue weighted by Crippen LogP contribution is 2.35. The number of carbonyl (C=O) groups excluding carboxylic acids is 2. The minimum Gasteiger partial charge on any atom is -0.452 e. The summed E-state index contributed by atoms with van der Waals surface area (Å²) >= 11 is 5.88. The Balaban J connectivity index is 1.57. The second kappa shape index (κ2) is 7.29. The van der Waals surface area contributed by atoms with Crippen LogP contribution in [0, 0.1) is 5.82 Å². The van der Waals surface area contributed by atoms with Crippen molar-refractivity contribution in [2.24, 2.45) is 0 Å². The Labute approximate surface area is 164 Å². The van der Waals surface area contributed by atoms with Crippen molar-refractivity contribution in [3.63, 3.8) is 0 Å². The molecular formula is C22H12ClFO4. The van der Waals surface area contributed by atoms with E-state index in [2.05, 4.69) is 0 Å². The molecule has 0 saturated heterocycles. The fraction of sp³-hybridized carbons (Fsp3) is 0. The molecule has 0 radical (unpaired) electrons. The lowest BCUT2D eigenvalue weighted by Gasteiger charge is -2.06. The van der Waals surface area contributed by atoms with Gasteiger partial charge in [0.1, 0.15) is 17.3 Å². The highest BCUT2D eigenvalue weighted by molar-refractivity contribution is 6.30. The molecule has 28 heavy (non-hydrogen) atoms. The molecular weight excluding hydrogens is 383 g/mol. The SMILES string of the molecule is O=C(Oc1ccc2c(c1)O/C(=C\c1ccccc1F)C2=O)c1cccc(Cl)c1. The number of Topliss-reactive ketones (excluding diaryl/α,β-unsaturated/α-hetero) is 1. The first-order valence-corrected chi connectivity index (χ1v) is 8.69. The van der Waals surface area contributed by atoms with E-state index in [1.165, 1.54) is 36.4 Å². The number of ether oxygens (including phenoxy) is 2. The van der Waals surface area contributed by atoms with Crippen molar-refractivity contribution >= 4 is 29.4 Å². The summed E-state index contributed by atoms with van der Waals surface area (Å²) in [6.45, 7) is 0. The van der Waals surface area contributed by atoms with Crippen LogP contribution in [0.3, 0.4) is 0 Å². The van der Waals surface area contributed by atoms with Crippen molar-refractivity contribution in [2.45, 2.75) is 0 Å². The molecule has 3 aromatic carbocycles. The van der Waals surface area contributed by atoms with E-state index < -0.39 is 11.8 Å². The Bertz CT molecular complexity index is 1140. The summed E-state index contributed by atoms with van der Waals surface area (Å²) in [6, 6.07) is 16.9. The molecule has 0 N–H and O–H groups in total. The van der Waals surface area contributed by atoms with E-state index in [9.17, 15) is 14.0 Å². The van der Waals surface area contributed by atoms with E-state index in [0.717, 1.165) is 0 Å². The van der Waals surface area contributed by atoms with Crippen LogP contribution in [0.25, 0.3) is 6.08 Å². The van der Waals surface area contributed by atoms with E-state index in [1.54, 1.807) is 36.4 Å². The molecule has 0 saturated carbocycles. The van der Waals surface area contributed by atoms with Gasteiger partial charge in [-0.25, -0.2) is 9.18 Å². The summed E-state index contributed by atoms with van der Waals surface area (Å²) in [7, 11) is 0. The maximum Gasteiger partial charge on any atom is 0.343 e. The van der Waals surface area contributed by atoms with Gasteiger partial charge in [0.25, 0.3) is 0 Å². The predicted octanol–water partition coefficient (Wildman–Crippen LogP) is 5.31. The average molecular weight is 395 g/mol. The molecule has 4 nitrogen and oxygen atoms in total. The smallest absolute Gasteiger partial charge is 0.343 e. The summed E-state index contributed by atoms with van der Waals surface area (Å²) in [6.07, 6.45) is 1.34. The third-order valence-electron chi connectivity index (χ3n) is 4.10. The van der Waals surface area contributed by atoms with Gasteiger partial charge < -0.3 is 9.47 Å². The number of rotatable bonds is 3. The Morgan fingerprint density at radius 1 is 1.04 bits per heavy atom. The van der Waals surface area contributed by atoms with Gasteiger partial charge in [-0.15, -0.1) is 0 Å². The third-order valence-corrected chi connectivity index (χ3v) is 4.34. The van der Waals surface area contributed by atoms with Crippen LogP contribution < -0.4 is 9.47 Å². The quantitative estimate of drug-likeness (QED) is 0.343. The molecule has 0 fully saturated rings. The number of carbonyl (C=O) groups is 2. The average Bonchev–Trinajstić information content (AvgIpc) is 2.98. The summed E-state index contributed by atoms with van der Waals surface area (Å²) in [4.78, 5) is 24.7. The minimum absolute atomic E-state index is 0.00147. The normalized spacial score (nSPS) is 13.9. The summed E-state index contributed by atoms with van der Waals surface area (Å²) < 4.78 is 24.7. The molecule has 0 amide bonds. The zero-order valence-corrected chi connectivity index (χ0v) is 15.1. The zero-order valence-electron chi connectivity index (χ0n) is 14.3. The maximum absolute atomic E-state index is 13.8. The molecule has 0 aromatic heterocycles. The number of benzene rings is 3. The Kier molecular flexibility index (Phi) is 4.67. The van der Waals surface area contributed by atoms with Gasteiger partial charge in [0.05, 0.1) is 11.1 Å². The predicted molar refractivity (Wildman–Crippen MR) is 102 cm³/mol. The number of hydrogen-bond donors (Lipinski definition) is 0. The second-order valence-corrected chi connectivity index (χ2v) is 6.46. The molecule has 1 heterocycles. The first-order chi connectivity index (χ1) is 13.5. The number of ketones is 1. The van der Waals surface area contributed by atoms with Gasteiger partial charge in [-0.1, -0.05) is 35.9 Å². The minimum atomic E-state index is -0.589. The molecule has 0 atom stereocenters. The summed E-state index contributed by atoms with van der Waals surface area (Å²) in [5, 5.41) is 0.417. The van der Waals surface area contributed by atoms with Crippen LogP contribution in [0.5, 0.6) is 11.5 Å². The van der Waals surface area contributed by atoms with Crippen molar-refractivity contribution in [3.05, 3.63) is 100 Å². The lowest BCUT2D eigenvalue weighted by molar-refractivity contribution is 0.0734. The number of fused-ring (bicyclic) bond motifs is 1. The largest absolute Gasteiger partial charge is 0.452 e. The first kappa shape index (κ1) is 17.9. The molecule has 0 unspecified atom stereocenters. The van der Waals surface area contributed by atoms with Gasteiger partial charge in [-0.2, -0.15) is 0 Å². The number of esters is 1. The fourth-order valence-corrected chi connectivity index (χ4v) is 2.94. The van der Waals surface area contributed by atoms with Crippen LogP contribution in [-0.2, 0) is 0 Å². The molecule has 4 rings (SSSR count). The third kappa shape index (κ3) is 3.52. The molecule has 1 aliphatic rings. The van der Waals surface area contributed by atoms with Crippen LogP contribution >= 0.6 is 11.6 Å². The van der Waals surface area contributed by atoms with E-state index >= 15 is 0 Å². The Morgan fingerprint density at radius 2 is 1.86 bits per heavy atom. The lowest BCUT2D eigenvalue weighted by Crippen LogP contribution is -2.08. The fourth-order valence-electron chi connectivity index (χ4n) is 2.75. The summed E-state index contributed by atoms with van der Waals surface area (Å²) in [5.41, 5.74) is 0.849. The lowest BCUT2D eigenvalue weighted by atomic mass is 10.1. The van der Waals surface area contributed by atoms with Crippen LogP contribution in [0.4, 0.5) is 4.39 Å². The van der Waals surface area contributed by atoms with Crippen LogP contribution in [0.1, 0.15) is 26.3 Å². The van der Waals surface area contributed by atoms with Crippen molar-refractivity contribution in [3.8, 4) is 11.5 Å². The molecule has 6 heteroatoms. The molecule has 1 aliphatic heterocycles. The van der Waals surface area contributed by atoms with Gasteiger partial charge >= 0.3 is 5.97 Å². The highest BCUT2D eigenvalue weighted by Gasteiger charge is 2.28. The second-order valence-electron chi connectivity index (χ2n) is 6.02. The Hall–Kier alpha value is -3.44. The summed E-state index contributed by atoms with van der Waals surface area (Å²) in [5.74, 6) is -0.968. The van der Waals surface area contributed by atoms with Crippen molar-refractivity contribution in [1.29, 1.82) is 0 Å². The van der Waals surface area contributed by atoms with E-state index in [-0.39, 0.29) is 28.6 Å². The monoisotopic (exact) mass is 394 g/mol. The van der Waals surface area contributed by atoms with Crippen molar-refractivity contribution in [2.75, 3.05) is 0 Å². The topological polar surface area (TPSA) is 52.6 Å². The van der Waals surface area contributed by atoms with E-state index in [1.807, 2.05) is 0 Å². The van der Waals surface area contributed by atoms with Gasteiger partial charge in [0.15, 0.2) is 5.76 Å². The van der Waals surface area contributed by atoms with Gasteiger partial charge in [0.2, 0.25) is 5.78 Å². The van der Waals surface area contributed by atoms with Gasteiger partial charge in [-0.3, -0.25) is 4.79 Å². The molecule has 3 aromatic rings. The number of hydrogen-bond acceptors (Lipinski definition) is 4. The van der Waals surface area contributed by atoms with Crippen LogP contribution in [0.2, 0.25) is 5.02 Å². The first-order valence-electron chi connectivity index (χ1n) is 8.32. The van der Waals surface area contributed by atoms with Crippen molar-refractivity contribution in [1.82, 2.24) is 0 Å². The molecule has 0 bridgehead atoms. The molecule has 0 spiro atoms. The van der Waals surface area contributed by atoms with Gasteiger partial charge in [-0.05, 0) is 42.5 Å². The molecule has 0 aliphatic carbocycles.